The van der Waals surface area contributed by atoms with Crippen LogP contribution in [0.3, 0.4) is 0 Å². The van der Waals surface area contributed by atoms with Crippen molar-refractivity contribution in [2.45, 2.75) is 349 Å². The van der Waals surface area contributed by atoms with E-state index in [-0.39, 0.29) is 0 Å². The zero-order valence-corrected chi connectivity index (χ0v) is 52.2. The van der Waals surface area contributed by atoms with E-state index in [9.17, 15) is 5.53 Å². The molecule has 0 aromatic heterocycles. The number of hydrogen-bond acceptors (Lipinski definition) is 0. The fourth-order valence-electron chi connectivity index (χ4n) is 11.7. The van der Waals surface area contributed by atoms with Crippen LogP contribution in [0.15, 0.2) is 35.4 Å². The van der Waals surface area contributed by atoms with Crippen molar-refractivity contribution in [1.82, 2.24) is 0 Å². The Kier molecular flexibility index (Phi) is 41.7. The van der Waals surface area contributed by atoms with Crippen molar-refractivity contribution in [3.8, 4) is 0 Å². The molecule has 0 saturated carbocycles. The second-order valence-electron chi connectivity index (χ2n) is 22.2. The van der Waals surface area contributed by atoms with Crippen LogP contribution in [0.1, 0.15) is 345 Å². The predicted molar refractivity (Wildman–Crippen MR) is 325 cm³/mol. The fraction of sp³-hybridized carbons (Fsp3) is 0.771. The van der Waals surface area contributed by atoms with Gasteiger partial charge in [0.2, 0.25) is 11.4 Å². The van der Waals surface area contributed by atoms with Crippen molar-refractivity contribution in [2.24, 2.45) is 0 Å². The molecule has 1 heterocycles. The van der Waals surface area contributed by atoms with Gasteiger partial charge in [-0.05, 0) is 122 Å². The average molecular weight is 1100 g/mol. The van der Waals surface area contributed by atoms with Crippen LogP contribution in [-0.2, 0) is 56.5 Å². The molecule has 73 heavy (non-hydrogen) atoms. The molecule has 422 valence electrons. The maximum atomic E-state index is 12.2. The number of benzene rings is 2. The standard InChI is InChI=1S/C38H56N2.2C16H33.Pd/c1-9-17-19-20-22-36-35(21-18-10-2)37(31-23-27(11-3)33(15-7)28(12-4)24-31)40(39)38(36)32-25-29(13-5)34(16-8)30(14-6)26-32;2*1-3-5-7-9-11-13-15-16-14-12-10-8-6-4-2;/h23-26H,9-22H2,1-8H3;2*1,3-16H2,2H3;. The monoisotopic (exact) mass is 1100 g/mol. The second-order valence-corrected chi connectivity index (χ2v) is 24.5. The molecule has 3 rings (SSSR count). The van der Waals surface area contributed by atoms with E-state index in [1.807, 2.05) is 0 Å². The molecular weight excluding hydrogens is 975 g/mol. The molecule has 2 aromatic carbocycles. The van der Waals surface area contributed by atoms with Gasteiger partial charge in [-0.2, -0.15) is 0 Å². The predicted octanol–water partition coefficient (Wildman–Crippen LogP) is 24.3. The molecule has 0 radical (unpaired) electrons. The number of unbranched alkanes of at least 4 members (excludes halogenated alkanes) is 30. The molecule has 2 aromatic rings. The molecule has 3 heteroatoms. The molecule has 0 aliphatic carbocycles. The Morgan fingerprint density at radius 2 is 0.548 bits per heavy atom. The van der Waals surface area contributed by atoms with Crippen LogP contribution in [0.4, 0.5) is 0 Å². The summed E-state index contributed by atoms with van der Waals surface area (Å²) < 4.78 is 1.61. The van der Waals surface area contributed by atoms with E-state index in [0.717, 1.165) is 93.6 Å². The van der Waals surface area contributed by atoms with Gasteiger partial charge >= 0.3 is 169 Å². The van der Waals surface area contributed by atoms with Gasteiger partial charge in [0.25, 0.3) is 0 Å². The van der Waals surface area contributed by atoms with Crippen LogP contribution >= 0.6 is 0 Å². The molecule has 0 atom stereocenters. The van der Waals surface area contributed by atoms with Crippen molar-refractivity contribution in [1.29, 1.82) is 0 Å². The Balaban J connectivity index is 0.000000511. The number of nitrogens with zero attached hydrogens (tertiary/aromatic N) is 2. The van der Waals surface area contributed by atoms with Gasteiger partial charge in [0.15, 0.2) is 0 Å². The van der Waals surface area contributed by atoms with Crippen molar-refractivity contribution < 1.29 is 22.7 Å². The normalized spacial score (nSPS) is 12.8. The van der Waals surface area contributed by atoms with Gasteiger partial charge in [-0.25, -0.2) is 4.70 Å². The summed E-state index contributed by atoms with van der Waals surface area (Å²) in [6.07, 6.45) is 57.0. The van der Waals surface area contributed by atoms with Gasteiger partial charge in [-0.3, -0.25) is 0 Å². The first-order valence-corrected chi connectivity index (χ1v) is 34.8. The number of aryl methyl sites for hydroxylation is 4. The van der Waals surface area contributed by atoms with Crippen molar-refractivity contribution in [2.75, 3.05) is 0 Å². The van der Waals surface area contributed by atoms with Crippen LogP contribution in [0.2, 0.25) is 9.79 Å². The minimum Gasteiger partial charge on any atom is -0.0654 e. The Bertz CT molecular complexity index is 1680. The van der Waals surface area contributed by atoms with E-state index >= 15 is 0 Å². The molecule has 0 N–H and O–H groups in total. The summed E-state index contributed by atoms with van der Waals surface area (Å²) in [5.74, 6) is 0. The average Bonchev–Trinajstić information content (AvgIpc) is 3.69. The fourth-order valence-corrected chi connectivity index (χ4v) is 13.6. The van der Waals surface area contributed by atoms with Crippen LogP contribution < -0.4 is 0 Å². The Morgan fingerprint density at radius 3 is 0.808 bits per heavy atom. The van der Waals surface area contributed by atoms with E-state index in [2.05, 4.69) is 93.5 Å². The van der Waals surface area contributed by atoms with Gasteiger partial charge in [-0.1, -0.05) is 133 Å². The van der Waals surface area contributed by atoms with Crippen molar-refractivity contribution in [3.05, 3.63) is 85.5 Å². The van der Waals surface area contributed by atoms with Crippen LogP contribution in [-0.4, -0.2) is 4.70 Å². The topological polar surface area (TPSA) is 25.3 Å². The molecule has 2 nitrogen and oxygen atoms in total. The summed E-state index contributed by atoms with van der Waals surface area (Å²) in [5.41, 5.74) is 28.2. The quantitative estimate of drug-likeness (QED) is 0.0359. The van der Waals surface area contributed by atoms with Gasteiger partial charge < -0.3 is 5.53 Å². The summed E-state index contributed by atoms with van der Waals surface area (Å²) >= 11 is 1.06. The van der Waals surface area contributed by atoms with Crippen LogP contribution in [0, 0.1) is 0 Å². The molecule has 0 bridgehead atoms. The van der Waals surface area contributed by atoms with Gasteiger partial charge in [0.1, 0.15) is 0 Å². The molecule has 0 spiro atoms. The first kappa shape index (κ1) is 67.3. The third-order valence-corrected chi connectivity index (χ3v) is 18.4. The van der Waals surface area contributed by atoms with E-state index in [4.69, 9.17) is 0 Å². The van der Waals surface area contributed by atoms with E-state index < -0.39 is 0 Å². The minimum atomic E-state index is 1.02. The summed E-state index contributed by atoms with van der Waals surface area (Å²) in [6.45, 7) is 22.8. The second kappa shape index (κ2) is 45.2. The molecule has 0 fully saturated rings. The summed E-state index contributed by atoms with van der Waals surface area (Å²) in [5, 5.41) is 0. The molecular formula is C70H122N2Pd. The SMILES string of the molecule is CCCCCCC1=C(c2cc(CC)c(CC)c(CC)c2)[N+](=[N-])C(c2cc(CC)c(CC)c(CC)c2)=C1CCCC.CCCCCCCCCCCCCCC[CH2][Pd][CH2]CCCCCCCCCCCCCCC. The first-order chi connectivity index (χ1) is 35.8. The Hall–Kier alpha value is -1.82. The van der Waals surface area contributed by atoms with E-state index in [1.165, 1.54) is 261 Å². The van der Waals surface area contributed by atoms with Gasteiger partial charge in [0, 0.05) is 22.3 Å². The minimum absolute atomic E-state index is 1.02. The third-order valence-electron chi connectivity index (χ3n) is 16.2. The maximum absolute atomic E-state index is 12.2. The molecule has 0 unspecified atom stereocenters. The summed E-state index contributed by atoms with van der Waals surface area (Å²) in [6, 6.07) is 9.54. The van der Waals surface area contributed by atoms with E-state index in [0.29, 0.717) is 0 Å². The van der Waals surface area contributed by atoms with Crippen molar-refractivity contribution >= 4 is 11.4 Å². The zero-order chi connectivity index (χ0) is 53.2. The van der Waals surface area contributed by atoms with Gasteiger partial charge in [0.05, 0.1) is 0 Å². The number of allylic oxidation sites excluding steroid dienone is 2. The summed E-state index contributed by atoms with van der Waals surface area (Å²) in [7, 11) is 0. The van der Waals surface area contributed by atoms with Gasteiger partial charge in [-0.15, -0.1) is 0 Å². The van der Waals surface area contributed by atoms with Crippen LogP contribution in [0.25, 0.3) is 16.9 Å². The number of hydrogen-bond donors (Lipinski definition) is 0. The first-order valence-electron chi connectivity index (χ1n) is 32.6. The smallest absolute Gasteiger partial charge is 0.0654 e. The Morgan fingerprint density at radius 1 is 0.301 bits per heavy atom. The Labute approximate surface area is 465 Å². The summed E-state index contributed by atoms with van der Waals surface area (Å²) in [4.78, 5) is 3.09. The molecule has 0 saturated heterocycles. The molecule has 1 aliphatic rings. The molecule has 1 aliphatic heterocycles. The van der Waals surface area contributed by atoms with E-state index in [1.54, 1.807) is 14.5 Å². The van der Waals surface area contributed by atoms with Crippen molar-refractivity contribution in [3.63, 3.8) is 0 Å². The molecule has 0 amide bonds. The van der Waals surface area contributed by atoms with Crippen LogP contribution in [0.5, 0.6) is 0 Å². The zero-order valence-electron chi connectivity index (χ0n) is 50.6. The third kappa shape index (κ3) is 26.9. The number of rotatable bonds is 46.